The van der Waals surface area contributed by atoms with E-state index in [-0.39, 0.29) is 0 Å². The van der Waals surface area contributed by atoms with Crippen molar-refractivity contribution in [3.63, 3.8) is 0 Å². The molecule has 0 saturated carbocycles. The van der Waals surface area contributed by atoms with Gasteiger partial charge in [0, 0.05) is 5.41 Å². The van der Waals surface area contributed by atoms with Gasteiger partial charge < -0.3 is 0 Å². The van der Waals surface area contributed by atoms with Crippen LogP contribution in [0.1, 0.15) is 27.2 Å². The highest BCUT2D eigenvalue weighted by molar-refractivity contribution is 5.31. The minimum absolute atomic E-state index is 0.365. The standard InChI is InChI=1S/C9H14/c1-4-9(3)6-5-8(2)7-9/h5-7H,4H2,1-3H3. The van der Waals surface area contributed by atoms with Crippen LogP contribution in [0, 0.1) is 5.41 Å². The lowest BCUT2D eigenvalue weighted by atomic mass is 9.90. The van der Waals surface area contributed by atoms with Crippen molar-refractivity contribution in [1.29, 1.82) is 0 Å². The molecule has 1 rings (SSSR count). The molecule has 9 heavy (non-hydrogen) atoms. The Kier molecular flexibility index (Phi) is 1.48. The van der Waals surface area contributed by atoms with Gasteiger partial charge in [-0.2, -0.15) is 0 Å². The van der Waals surface area contributed by atoms with Crippen LogP contribution in [-0.2, 0) is 0 Å². The van der Waals surface area contributed by atoms with E-state index in [9.17, 15) is 0 Å². The average Bonchev–Trinajstić information content (AvgIpc) is 2.13. The zero-order chi connectivity index (χ0) is 6.91. The molecule has 0 aliphatic heterocycles. The van der Waals surface area contributed by atoms with Crippen LogP contribution in [-0.4, -0.2) is 0 Å². The molecular formula is C9H14. The summed E-state index contributed by atoms with van der Waals surface area (Å²) in [7, 11) is 0. The normalized spacial score (nSPS) is 33.0. The molecule has 0 aromatic rings. The Morgan fingerprint density at radius 3 is 2.44 bits per heavy atom. The summed E-state index contributed by atoms with van der Waals surface area (Å²) in [5.41, 5.74) is 1.77. The van der Waals surface area contributed by atoms with Crippen molar-refractivity contribution in [3.05, 3.63) is 23.8 Å². The number of allylic oxidation sites excluding steroid dienone is 4. The molecule has 0 spiro atoms. The van der Waals surface area contributed by atoms with E-state index in [0.717, 1.165) is 0 Å². The van der Waals surface area contributed by atoms with Crippen molar-refractivity contribution in [2.45, 2.75) is 27.2 Å². The molecule has 1 aliphatic carbocycles. The Morgan fingerprint density at radius 1 is 1.56 bits per heavy atom. The first-order chi connectivity index (χ1) is 4.16. The smallest absolute Gasteiger partial charge is 0.00390 e. The summed E-state index contributed by atoms with van der Waals surface area (Å²) >= 11 is 0. The van der Waals surface area contributed by atoms with Gasteiger partial charge in [0.05, 0.1) is 0 Å². The first-order valence-corrected chi connectivity index (χ1v) is 3.55. The summed E-state index contributed by atoms with van der Waals surface area (Å²) in [5, 5.41) is 0. The molecule has 0 heteroatoms. The van der Waals surface area contributed by atoms with Crippen LogP contribution in [0.15, 0.2) is 23.8 Å². The monoisotopic (exact) mass is 122 g/mol. The van der Waals surface area contributed by atoms with Crippen molar-refractivity contribution >= 4 is 0 Å². The maximum Gasteiger partial charge on any atom is 0.00390 e. The maximum absolute atomic E-state index is 2.33. The van der Waals surface area contributed by atoms with E-state index in [2.05, 4.69) is 39.0 Å². The molecule has 0 N–H and O–H groups in total. The van der Waals surface area contributed by atoms with Crippen LogP contribution in [0.5, 0.6) is 0 Å². The van der Waals surface area contributed by atoms with Gasteiger partial charge in [0.2, 0.25) is 0 Å². The van der Waals surface area contributed by atoms with E-state index < -0.39 is 0 Å². The lowest BCUT2D eigenvalue weighted by molar-refractivity contribution is 0.537. The second-order valence-electron chi connectivity index (χ2n) is 3.08. The Hall–Kier alpha value is -0.520. The number of rotatable bonds is 1. The van der Waals surface area contributed by atoms with Gasteiger partial charge in [0.15, 0.2) is 0 Å². The Morgan fingerprint density at radius 2 is 2.22 bits per heavy atom. The van der Waals surface area contributed by atoms with E-state index >= 15 is 0 Å². The van der Waals surface area contributed by atoms with Gasteiger partial charge in [0.1, 0.15) is 0 Å². The summed E-state index contributed by atoms with van der Waals surface area (Å²) in [4.78, 5) is 0. The molecule has 0 aromatic heterocycles. The van der Waals surface area contributed by atoms with Crippen LogP contribution in [0.2, 0.25) is 0 Å². The predicted octanol–water partition coefficient (Wildman–Crippen LogP) is 2.92. The summed E-state index contributed by atoms with van der Waals surface area (Å²) < 4.78 is 0. The lowest BCUT2D eigenvalue weighted by Crippen LogP contribution is -2.03. The quantitative estimate of drug-likeness (QED) is 0.501. The van der Waals surface area contributed by atoms with E-state index in [4.69, 9.17) is 0 Å². The van der Waals surface area contributed by atoms with E-state index in [0.29, 0.717) is 5.41 Å². The van der Waals surface area contributed by atoms with Gasteiger partial charge in [-0.3, -0.25) is 0 Å². The molecule has 50 valence electrons. The molecule has 0 nitrogen and oxygen atoms in total. The lowest BCUT2D eigenvalue weighted by Gasteiger charge is -2.15. The highest BCUT2D eigenvalue weighted by atomic mass is 14.2. The minimum atomic E-state index is 0.365. The average molecular weight is 122 g/mol. The Balaban J connectivity index is 2.78. The van der Waals surface area contributed by atoms with Crippen LogP contribution < -0.4 is 0 Å². The number of hydrogen-bond donors (Lipinski definition) is 0. The van der Waals surface area contributed by atoms with E-state index in [1.165, 1.54) is 12.0 Å². The molecule has 0 heterocycles. The zero-order valence-corrected chi connectivity index (χ0v) is 6.44. The van der Waals surface area contributed by atoms with Gasteiger partial charge in [-0.1, -0.05) is 37.6 Å². The molecule has 0 fully saturated rings. The van der Waals surface area contributed by atoms with E-state index in [1.54, 1.807) is 0 Å². The molecule has 1 atom stereocenters. The highest BCUT2D eigenvalue weighted by Crippen LogP contribution is 2.31. The van der Waals surface area contributed by atoms with Crippen LogP contribution >= 0.6 is 0 Å². The molecular weight excluding hydrogens is 108 g/mol. The van der Waals surface area contributed by atoms with Crippen LogP contribution in [0.25, 0.3) is 0 Å². The summed E-state index contributed by atoms with van der Waals surface area (Å²) in [5.74, 6) is 0. The number of hydrogen-bond acceptors (Lipinski definition) is 0. The van der Waals surface area contributed by atoms with Crippen molar-refractivity contribution < 1.29 is 0 Å². The molecule has 0 radical (unpaired) electrons. The van der Waals surface area contributed by atoms with Crippen molar-refractivity contribution in [3.8, 4) is 0 Å². The third kappa shape index (κ3) is 1.24. The van der Waals surface area contributed by atoms with Gasteiger partial charge in [-0.05, 0) is 13.3 Å². The fraction of sp³-hybridized carbons (Fsp3) is 0.556. The fourth-order valence-corrected chi connectivity index (χ4v) is 1.16. The van der Waals surface area contributed by atoms with Gasteiger partial charge in [0.25, 0.3) is 0 Å². The van der Waals surface area contributed by atoms with Gasteiger partial charge >= 0.3 is 0 Å². The van der Waals surface area contributed by atoms with E-state index in [1.807, 2.05) is 0 Å². The maximum atomic E-state index is 2.33. The predicted molar refractivity (Wildman–Crippen MR) is 41.3 cm³/mol. The molecule has 0 bridgehead atoms. The third-order valence-corrected chi connectivity index (χ3v) is 2.05. The Labute approximate surface area is 57.3 Å². The van der Waals surface area contributed by atoms with Crippen LogP contribution in [0.3, 0.4) is 0 Å². The van der Waals surface area contributed by atoms with Crippen molar-refractivity contribution in [2.75, 3.05) is 0 Å². The largest absolute Gasteiger partial charge is 0.0746 e. The molecule has 1 unspecified atom stereocenters. The van der Waals surface area contributed by atoms with Gasteiger partial charge in [-0.25, -0.2) is 0 Å². The second-order valence-corrected chi connectivity index (χ2v) is 3.08. The summed E-state index contributed by atoms with van der Waals surface area (Å²) in [6.07, 6.45) is 8.01. The molecule has 0 aromatic carbocycles. The zero-order valence-electron chi connectivity index (χ0n) is 6.44. The first kappa shape index (κ1) is 6.60. The highest BCUT2D eigenvalue weighted by Gasteiger charge is 2.18. The van der Waals surface area contributed by atoms with Crippen molar-refractivity contribution in [2.24, 2.45) is 5.41 Å². The van der Waals surface area contributed by atoms with Crippen molar-refractivity contribution in [1.82, 2.24) is 0 Å². The third-order valence-electron chi connectivity index (χ3n) is 2.05. The SMILES string of the molecule is CCC1(C)C=CC(C)=C1. The summed E-state index contributed by atoms with van der Waals surface area (Å²) in [6.45, 7) is 6.64. The molecule has 0 amide bonds. The minimum Gasteiger partial charge on any atom is -0.0746 e. The van der Waals surface area contributed by atoms with Gasteiger partial charge in [-0.15, -0.1) is 0 Å². The molecule has 1 aliphatic rings. The first-order valence-electron chi connectivity index (χ1n) is 3.55. The van der Waals surface area contributed by atoms with Crippen LogP contribution in [0.4, 0.5) is 0 Å². The summed E-state index contributed by atoms with van der Waals surface area (Å²) in [6, 6.07) is 0. The second kappa shape index (κ2) is 2.02. The Bertz CT molecular complexity index is 163. The molecule has 0 saturated heterocycles. The fourth-order valence-electron chi connectivity index (χ4n) is 1.16. The topological polar surface area (TPSA) is 0 Å².